The Morgan fingerprint density at radius 1 is 1.52 bits per heavy atom. The molecule has 0 saturated heterocycles. The predicted octanol–water partition coefficient (Wildman–Crippen LogP) is 2.70. The van der Waals surface area contributed by atoms with Gasteiger partial charge in [-0.05, 0) is 24.6 Å². The van der Waals surface area contributed by atoms with Crippen LogP contribution in [0.25, 0.3) is 0 Å². The fourth-order valence-electron chi connectivity index (χ4n) is 2.41. The number of benzene rings is 1. The summed E-state index contributed by atoms with van der Waals surface area (Å²) in [6.45, 7) is 7.57. The van der Waals surface area contributed by atoms with Gasteiger partial charge < -0.3 is 9.94 Å². The number of aliphatic hydroxyl groups excluding tert-OH is 1. The van der Waals surface area contributed by atoms with Crippen molar-refractivity contribution in [2.75, 3.05) is 19.6 Å². The Hall–Kier alpha value is -1.36. The van der Waals surface area contributed by atoms with Crippen molar-refractivity contribution >= 4 is 17.3 Å². The standard InChI is InChI=1S/C16H21ClN2O2/c1-3-8-19(10-12(2)20)11-15-9-16(18-21-15)13-4-6-14(17)7-5-13/h3-7,12,15,20H,1,8-11H2,2H3. The Bertz CT molecular complexity index is 500. The summed E-state index contributed by atoms with van der Waals surface area (Å²) >= 11 is 5.89. The lowest BCUT2D eigenvalue weighted by atomic mass is 10.0. The topological polar surface area (TPSA) is 45.1 Å². The summed E-state index contributed by atoms with van der Waals surface area (Å²) < 4.78 is 0. The summed E-state index contributed by atoms with van der Waals surface area (Å²) in [4.78, 5) is 7.62. The molecule has 0 aliphatic carbocycles. The maximum absolute atomic E-state index is 9.52. The highest BCUT2D eigenvalue weighted by atomic mass is 35.5. The zero-order chi connectivity index (χ0) is 15.2. The normalized spacial score (nSPS) is 19.2. The van der Waals surface area contributed by atoms with Crippen molar-refractivity contribution in [2.45, 2.75) is 25.6 Å². The smallest absolute Gasteiger partial charge is 0.145 e. The molecule has 1 aliphatic rings. The number of rotatable bonds is 7. The highest BCUT2D eigenvalue weighted by molar-refractivity contribution is 6.30. The fraction of sp³-hybridized carbons (Fsp3) is 0.438. The SMILES string of the molecule is C=CCN(CC(C)O)CC1CC(c2ccc(Cl)cc2)=NO1. The summed E-state index contributed by atoms with van der Waals surface area (Å²) in [7, 11) is 0. The highest BCUT2D eigenvalue weighted by Crippen LogP contribution is 2.19. The van der Waals surface area contributed by atoms with Crippen molar-refractivity contribution in [3.05, 3.63) is 47.5 Å². The number of oxime groups is 1. The molecule has 2 atom stereocenters. The number of hydrogen-bond donors (Lipinski definition) is 1. The molecular weight excluding hydrogens is 288 g/mol. The van der Waals surface area contributed by atoms with Crippen LogP contribution in [0.4, 0.5) is 0 Å². The number of halogens is 1. The van der Waals surface area contributed by atoms with E-state index >= 15 is 0 Å². The van der Waals surface area contributed by atoms with Gasteiger partial charge in [-0.15, -0.1) is 6.58 Å². The van der Waals surface area contributed by atoms with Gasteiger partial charge in [-0.1, -0.05) is 35.0 Å². The molecule has 5 heteroatoms. The van der Waals surface area contributed by atoms with E-state index in [4.69, 9.17) is 16.4 Å². The third kappa shape index (κ3) is 4.84. The average Bonchev–Trinajstić information content (AvgIpc) is 2.87. The first-order valence-electron chi connectivity index (χ1n) is 7.08. The minimum Gasteiger partial charge on any atom is -0.392 e. The number of nitrogens with zero attached hydrogens (tertiary/aromatic N) is 2. The maximum Gasteiger partial charge on any atom is 0.145 e. The summed E-state index contributed by atoms with van der Waals surface area (Å²) in [5, 5.41) is 14.4. The minimum atomic E-state index is -0.372. The molecule has 0 saturated carbocycles. The Kier molecular flexibility index (Phi) is 5.79. The van der Waals surface area contributed by atoms with E-state index in [9.17, 15) is 5.11 Å². The van der Waals surface area contributed by atoms with Crippen LogP contribution in [-0.4, -0.2) is 47.6 Å². The van der Waals surface area contributed by atoms with Gasteiger partial charge in [0.15, 0.2) is 0 Å². The molecule has 21 heavy (non-hydrogen) atoms. The second-order valence-corrected chi connectivity index (χ2v) is 5.77. The van der Waals surface area contributed by atoms with Gasteiger partial charge in [0.1, 0.15) is 6.10 Å². The first kappa shape index (κ1) is 16.0. The van der Waals surface area contributed by atoms with Crippen LogP contribution in [-0.2, 0) is 4.84 Å². The van der Waals surface area contributed by atoms with Gasteiger partial charge in [0.05, 0.1) is 11.8 Å². The van der Waals surface area contributed by atoms with Gasteiger partial charge in [-0.3, -0.25) is 4.90 Å². The van der Waals surface area contributed by atoms with E-state index < -0.39 is 0 Å². The van der Waals surface area contributed by atoms with Crippen LogP contribution in [0.1, 0.15) is 18.9 Å². The van der Waals surface area contributed by atoms with Crippen LogP contribution in [0.5, 0.6) is 0 Å². The lowest BCUT2D eigenvalue weighted by Crippen LogP contribution is -2.37. The van der Waals surface area contributed by atoms with Gasteiger partial charge in [-0.25, -0.2) is 0 Å². The molecule has 1 aromatic carbocycles. The molecular formula is C16H21ClN2O2. The van der Waals surface area contributed by atoms with E-state index in [1.807, 2.05) is 30.3 Å². The molecule has 2 rings (SSSR count). The van der Waals surface area contributed by atoms with E-state index in [0.717, 1.165) is 30.8 Å². The Balaban J connectivity index is 1.91. The molecule has 2 unspecified atom stereocenters. The van der Waals surface area contributed by atoms with E-state index in [-0.39, 0.29) is 12.2 Å². The van der Waals surface area contributed by atoms with Gasteiger partial charge in [0.25, 0.3) is 0 Å². The van der Waals surface area contributed by atoms with Gasteiger partial charge in [0.2, 0.25) is 0 Å². The van der Waals surface area contributed by atoms with E-state index in [0.29, 0.717) is 11.6 Å². The monoisotopic (exact) mass is 308 g/mol. The molecule has 1 N–H and O–H groups in total. The molecule has 1 aliphatic heterocycles. The summed E-state index contributed by atoms with van der Waals surface area (Å²) in [6, 6.07) is 7.60. The van der Waals surface area contributed by atoms with E-state index in [2.05, 4.69) is 16.6 Å². The summed E-state index contributed by atoms with van der Waals surface area (Å²) in [6.07, 6.45) is 2.23. The number of aliphatic hydroxyl groups is 1. The second kappa shape index (κ2) is 7.59. The fourth-order valence-corrected chi connectivity index (χ4v) is 2.53. The summed E-state index contributed by atoms with van der Waals surface area (Å²) in [5.41, 5.74) is 1.97. The first-order valence-corrected chi connectivity index (χ1v) is 7.46. The van der Waals surface area contributed by atoms with Crippen molar-refractivity contribution in [1.82, 2.24) is 4.90 Å². The van der Waals surface area contributed by atoms with E-state index in [1.165, 1.54) is 0 Å². The first-order chi connectivity index (χ1) is 10.1. The zero-order valence-electron chi connectivity index (χ0n) is 12.2. The van der Waals surface area contributed by atoms with E-state index in [1.54, 1.807) is 6.92 Å². The largest absolute Gasteiger partial charge is 0.392 e. The quantitative estimate of drug-likeness (QED) is 0.788. The second-order valence-electron chi connectivity index (χ2n) is 5.33. The molecule has 0 radical (unpaired) electrons. The van der Waals surface area contributed by atoms with Gasteiger partial charge >= 0.3 is 0 Å². The van der Waals surface area contributed by atoms with Gasteiger partial charge in [0, 0.05) is 31.1 Å². The lowest BCUT2D eigenvalue weighted by Gasteiger charge is -2.24. The average molecular weight is 309 g/mol. The van der Waals surface area contributed by atoms with Crippen molar-refractivity contribution in [3.8, 4) is 0 Å². The molecule has 0 bridgehead atoms. The molecule has 1 heterocycles. The molecule has 0 amide bonds. The van der Waals surface area contributed by atoms with Crippen LogP contribution in [0, 0.1) is 0 Å². The van der Waals surface area contributed by atoms with Crippen molar-refractivity contribution in [1.29, 1.82) is 0 Å². The van der Waals surface area contributed by atoms with Crippen molar-refractivity contribution < 1.29 is 9.94 Å². The van der Waals surface area contributed by atoms with Crippen LogP contribution in [0.2, 0.25) is 5.02 Å². The maximum atomic E-state index is 9.52. The molecule has 0 fully saturated rings. The Morgan fingerprint density at radius 3 is 2.86 bits per heavy atom. The minimum absolute atomic E-state index is 0.00868. The molecule has 1 aromatic rings. The van der Waals surface area contributed by atoms with Crippen LogP contribution < -0.4 is 0 Å². The number of hydrogen-bond acceptors (Lipinski definition) is 4. The third-order valence-corrected chi connectivity index (χ3v) is 3.53. The van der Waals surface area contributed by atoms with Crippen LogP contribution >= 0.6 is 11.6 Å². The predicted molar refractivity (Wildman–Crippen MR) is 85.8 cm³/mol. The van der Waals surface area contributed by atoms with Crippen molar-refractivity contribution in [2.24, 2.45) is 5.16 Å². The van der Waals surface area contributed by atoms with Crippen LogP contribution in [0.3, 0.4) is 0 Å². The highest BCUT2D eigenvalue weighted by Gasteiger charge is 2.24. The third-order valence-electron chi connectivity index (χ3n) is 3.28. The lowest BCUT2D eigenvalue weighted by molar-refractivity contribution is 0.0420. The summed E-state index contributed by atoms with van der Waals surface area (Å²) in [5.74, 6) is 0. The van der Waals surface area contributed by atoms with Crippen LogP contribution in [0.15, 0.2) is 42.1 Å². The zero-order valence-corrected chi connectivity index (χ0v) is 13.0. The molecule has 0 aromatic heterocycles. The molecule has 114 valence electrons. The van der Waals surface area contributed by atoms with Gasteiger partial charge in [-0.2, -0.15) is 0 Å². The Labute approximate surface area is 130 Å². The molecule has 0 spiro atoms. The Morgan fingerprint density at radius 2 is 2.24 bits per heavy atom. The molecule has 4 nitrogen and oxygen atoms in total. The van der Waals surface area contributed by atoms with Crippen molar-refractivity contribution in [3.63, 3.8) is 0 Å².